The molecule has 5 atom stereocenters. The van der Waals surface area contributed by atoms with Crippen LogP contribution in [0.3, 0.4) is 0 Å². The van der Waals surface area contributed by atoms with Crippen molar-refractivity contribution in [3.63, 3.8) is 0 Å². The van der Waals surface area contributed by atoms with Crippen LogP contribution in [0.4, 0.5) is 0 Å². The fourth-order valence-electron chi connectivity index (χ4n) is 4.80. The van der Waals surface area contributed by atoms with Crippen molar-refractivity contribution < 1.29 is 24.2 Å². The van der Waals surface area contributed by atoms with E-state index in [1.165, 1.54) is 13.4 Å². The second kappa shape index (κ2) is 7.97. The summed E-state index contributed by atoms with van der Waals surface area (Å²) in [6, 6.07) is 6.86. The van der Waals surface area contributed by atoms with E-state index in [2.05, 4.69) is 15.1 Å². The van der Waals surface area contributed by atoms with Crippen molar-refractivity contribution in [1.82, 2.24) is 14.5 Å². The summed E-state index contributed by atoms with van der Waals surface area (Å²) in [6.07, 6.45) is 0.462. The SMILES string of the molecule is CON=c1nc[nH]c2c1ccn2[C@@H]1O[C@H]([C@H](O)c2ccc(Cl)c(Cl)c2)[C@@]2(C)OC(C)(C)O[C@@H]12. The maximum Gasteiger partial charge on any atom is 0.203 e. The van der Waals surface area contributed by atoms with Crippen LogP contribution in [-0.2, 0) is 19.0 Å². The molecule has 0 unspecified atom stereocenters. The van der Waals surface area contributed by atoms with Crippen molar-refractivity contribution >= 4 is 34.2 Å². The van der Waals surface area contributed by atoms with Crippen molar-refractivity contribution in [1.29, 1.82) is 0 Å². The van der Waals surface area contributed by atoms with Crippen LogP contribution in [0.25, 0.3) is 11.0 Å². The summed E-state index contributed by atoms with van der Waals surface area (Å²) in [5.74, 6) is -0.873. The van der Waals surface area contributed by atoms with Crippen LogP contribution in [0.2, 0.25) is 10.0 Å². The summed E-state index contributed by atoms with van der Waals surface area (Å²) >= 11 is 12.3. The van der Waals surface area contributed by atoms with Crippen LogP contribution in [-0.4, -0.2) is 50.3 Å². The Morgan fingerprint density at radius 2 is 2.03 bits per heavy atom. The van der Waals surface area contributed by atoms with Crippen molar-refractivity contribution in [2.75, 3.05) is 7.11 Å². The van der Waals surface area contributed by atoms with E-state index in [0.717, 1.165) is 5.39 Å². The minimum absolute atomic E-state index is 0.348. The molecule has 0 saturated carbocycles. The lowest BCUT2D eigenvalue weighted by Crippen LogP contribution is -2.46. The van der Waals surface area contributed by atoms with E-state index < -0.39 is 35.9 Å². The lowest BCUT2D eigenvalue weighted by atomic mass is 9.88. The largest absolute Gasteiger partial charge is 0.397 e. The number of halogens is 2. The Hall–Kier alpha value is -2.14. The molecule has 11 heteroatoms. The summed E-state index contributed by atoms with van der Waals surface area (Å²) < 4.78 is 21.0. The van der Waals surface area contributed by atoms with E-state index in [4.69, 9.17) is 42.3 Å². The summed E-state index contributed by atoms with van der Waals surface area (Å²) in [5.41, 5.74) is 0.758. The molecular weight excluding hydrogens is 471 g/mol. The van der Waals surface area contributed by atoms with Crippen LogP contribution < -0.4 is 5.49 Å². The predicted molar refractivity (Wildman–Crippen MR) is 120 cm³/mol. The van der Waals surface area contributed by atoms with Gasteiger partial charge in [-0.2, -0.15) is 0 Å². The quantitative estimate of drug-likeness (QED) is 0.536. The van der Waals surface area contributed by atoms with Crippen LogP contribution >= 0.6 is 23.2 Å². The number of hydrogen-bond donors (Lipinski definition) is 2. The lowest BCUT2D eigenvalue weighted by molar-refractivity contribution is -0.223. The van der Waals surface area contributed by atoms with Gasteiger partial charge in [-0.3, -0.25) is 0 Å². The lowest BCUT2D eigenvalue weighted by Gasteiger charge is -2.32. The van der Waals surface area contributed by atoms with E-state index in [9.17, 15) is 5.11 Å². The number of benzene rings is 1. The second-order valence-corrected chi connectivity index (χ2v) is 9.59. The monoisotopic (exact) mass is 494 g/mol. The molecule has 2 aliphatic heterocycles. The topological polar surface area (TPSA) is 103 Å². The first-order valence-corrected chi connectivity index (χ1v) is 11.2. The van der Waals surface area contributed by atoms with Gasteiger partial charge in [0.1, 0.15) is 36.7 Å². The summed E-state index contributed by atoms with van der Waals surface area (Å²) in [7, 11) is 1.47. The van der Waals surface area contributed by atoms with E-state index >= 15 is 0 Å². The number of H-pyrrole nitrogens is 1. The summed E-state index contributed by atoms with van der Waals surface area (Å²) in [4.78, 5) is 12.3. The Morgan fingerprint density at radius 1 is 1.24 bits per heavy atom. The standard InChI is InChI=1S/C22H24Cl2N4O5/c1-21(2)32-17-20(28-8-7-12-18(27-30-4)25-10-26-19(12)28)31-16(22(17,3)33-21)15(29)11-5-6-13(23)14(24)9-11/h5-10,15-17,20,29H,1-4H3,(H,25,26,27)/t15-,16-,17+,20-,22-/m1/s1. The van der Waals surface area contributed by atoms with Gasteiger partial charge >= 0.3 is 0 Å². The van der Waals surface area contributed by atoms with E-state index in [-0.39, 0.29) is 0 Å². The average Bonchev–Trinajstić information content (AvgIpc) is 3.37. The molecule has 1 aromatic carbocycles. The van der Waals surface area contributed by atoms with Crippen molar-refractivity contribution in [2.45, 2.75) is 56.7 Å². The molecule has 0 bridgehead atoms. The van der Waals surface area contributed by atoms with Crippen LogP contribution in [0.1, 0.15) is 38.7 Å². The number of aliphatic hydroxyl groups excluding tert-OH is 1. The van der Waals surface area contributed by atoms with Gasteiger partial charge in [0, 0.05) is 6.20 Å². The molecule has 2 N–H and O–H groups in total. The van der Waals surface area contributed by atoms with Gasteiger partial charge in [-0.25, -0.2) is 4.98 Å². The molecular formula is C22H24Cl2N4O5. The molecule has 0 aliphatic carbocycles. The fourth-order valence-corrected chi connectivity index (χ4v) is 5.10. The second-order valence-electron chi connectivity index (χ2n) is 8.78. The third kappa shape index (κ3) is 3.63. The highest BCUT2D eigenvalue weighted by molar-refractivity contribution is 6.42. The van der Waals surface area contributed by atoms with Crippen molar-refractivity contribution in [2.24, 2.45) is 5.16 Å². The number of fused-ring (bicyclic) bond motifs is 2. The number of aliphatic hydroxyl groups is 1. The summed E-state index contributed by atoms with van der Waals surface area (Å²) in [6.45, 7) is 5.58. The number of aromatic nitrogens is 3. The molecule has 33 heavy (non-hydrogen) atoms. The Bertz CT molecular complexity index is 1280. The van der Waals surface area contributed by atoms with E-state index in [1.807, 2.05) is 37.6 Å². The van der Waals surface area contributed by atoms with Crippen LogP contribution in [0, 0.1) is 0 Å². The fraction of sp³-hybridized carbons (Fsp3) is 0.455. The van der Waals surface area contributed by atoms with Gasteiger partial charge in [0.25, 0.3) is 0 Å². The minimum atomic E-state index is -1.04. The third-order valence-corrected chi connectivity index (χ3v) is 6.86. The third-order valence-electron chi connectivity index (χ3n) is 6.12. The normalized spacial score (nSPS) is 30.0. The molecule has 0 amide bonds. The zero-order valence-electron chi connectivity index (χ0n) is 18.5. The Balaban J connectivity index is 1.59. The molecule has 2 aromatic heterocycles. The highest BCUT2D eigenvalue weighted by Gasteiger charge is 2.65. The Morgan fingerprint density at radius 3 is 2.76 bits per heavy atom. The van der Waals surface area contributed by atoms with Gasteiger partial charge in [-0.15, -0.1) is 0 Å². The van der Waals surface area contributed by atoms with Gasteiger partial charge in [0.15, 0.2) is 12.0 Å². The van der Waals surface area contributed by atoms with Crippen LogP contribution in [0.15, 0.2) is 41.9 Å². The Labute approximate surface area is 199 Å². The number of nitrogens with zero attached hydrogens (tertiary/aromatic N) is 3. The smallest absolute Gasteiger partial charge is 0.203 e. The van der Waals surface area contributed by atoms with Gasteiger partial charge in [-0.05, 0) is 44.5 Å². The van der Waals surface area contributed by atoms with Gasteiger partial charge in [-0.1, -0.05) is 34.4 Å². The van der Waals surface area contributed by atoms with Crippen molar-refractivity contribution in [3.8, 4) is 0 Å². The molecule has 176 valence electrons. The number of nitrogens with one attached hydrogen (secondary N) is 1. The number of rotatable bonds is 4. The molecule has 3 aromatic rings. The van der Waals surface area contributed by atoms with Gasteiger partial charge in [0.2, 0.25) is 5.49 Å². The van der Waals surface area contributed by atoms with Crippen LogP contribution in [0.5, 0.6) is 0 Å². The molecule has 5 rings (SSSR count). The number of hydrogen-bond acceptors (Lipinski definition) is 7. The number of ether oxygens (including phenoxy) is 3. The van der Waals surface area contributed by atoms with E-state index in [0.29, 0.717) is 26.7 Å². The first-order chi connectivity index (χ1) is 15.6. The maximum absolute atomic E-state index is 11.3. The Kier molecular flexibility index (Phi) is 5.47. The molecule has 2 saturated heterocycles. The van der Waals surface area contributed by atoms with E-state index in [1.54, 1.807) is 18.2 Å². The molecule has 0 radical (unpaired) electrons. The minimum Gasteiger partial charge on any atom is -0.397 e. The predicted octanol–water partition coefficient (Wildman–Crippen LogP) is 3.67. The zero-order valence-corrected chi connectivity index (χ0v) is 20.0. The maximum atomic E-state index is 11.3. The average molecular weight is 495 g/mol. The zero-order chi connectivity index (χ0) is 23.5. The molecule has 2 aliphatic rings. The first-order valence-electron chi connectivity index (χ1n) is 10.4. The molecule has 2 fully saturated rings. The highest BCUT2D eigenvalue weighted by Crippen LogP contribution is 2.53. The molecule has 9 nitrogen and oxygen atoms in total. The summed E-state index contributed by atoms with van der Waals surface area (Å²) in [5, 5.41) is 16.8. The van der Waals surface area contributed by atoms with Crippen molar-refractivity contribution in [3.05, 3.63) is 57.9 Å². The highest BCUT2D eigenvalue weighted by atomic mass is 35.5. The van der Waals surface area contributed by atoms with Gasteiger partial charge in [0.05, 0.1) is 21.8 Å². The molecule has 4 heterocycles. The molecule has 0 spiro atoms. The first kappa shape index (κ1) is 22.6. The van der Waals surface area contributed by atoms with Gasteiger partial charge < -0.3 is 33.7 Å². The number of aromatic amines is 1.